The fourth-order valence-corrected chi connectivity index (χ4v) is 2.72. The number of rotatable bonds is 4. The number of carbonyl (C=O) groups excluding carboxylic acids is 1. The van der Waals surface area contributed by atoms with Crippen molar-refractivity contribution in [3.63, 3.8) is 0 Å². The molecule has 2 rings (SSSR count). The van der Waals surface area contributed by atoms with Crippen LogP contribution in [0.5, 0.6) is 5.75 Å². The van der Waals surface area contributed by atoms with E-state index >= 15 is 0 Å². The van der Waals surface area contributed by atoms with Gasteiger partial charge in [0.1, 0.15) is 5.75 Å². The second kappa shape index (κ2) is 5.57. The molecule has 1 aromatic rings. The summed E-state index contributed by atoms with van der Waals surface area (Å²) in [7, 11) is 4.10. The van der Waals surface area contributed by atoms with Crippen molar-refractivity contribution in [2.24, 2.45) is 0 Å². The van der Waals surface area contributed by atoms with E-state index in [4.69, 9.17) is 0 Å². The quantitative estimate of drug-likeness (QED) is 0.861. The minimum atomic E-state index is -0.314. The first kappa shape index (κ1) is 13.8. The smallest absolute Gasteiger partial charge is 0.273 e. The Kier molecular flexibility index (Phi) is 4.04. The van der Waals surface area contributed by atoms with Gasteiger partial charge in [-0.25, -0.2) is 4.98 Å². The zero-order valence-electron chi connectivity index (χ0n) is 11.5. The van der Waals surface area contributed by atoms with E-state index in [9.17, 15) is 9.90 Å². The molecule has 0 atom stereocenters. The molecule has 2 N–H and O–H groups in total. The van der Waals surface area contributed by atoms with E-state index in [2.05, 4.69) is 29.3 Å². The minimum Gasteiger partial charge on any atom is -0.505 e. The number of nitrogens with one attached hydrogen (secondary N) is 1. The normalized spacial score (nSPS) is 17.6. The molecule has 1 heterocycles. The lowest BCUT2D eigenvalue weighted by Gasteiger charge is -2.36. The third-order valence-electron chi connectivity index (χ3n) is 4.06. The molecule has 5 nitrogen and oxygen atoms in total. The second-order valence-electron chi connectivity index (χ2n) is 5.38. The van der Waals surface area contributed by atoms with Gasteiger partial charge in [-0.2, -0.15) is 0 Å². The zero-order chi connectivity index (χ0) is 13.9. The van der Waals surface area contributed by atoms with Gasteiger partial charge in [-0.1, -0.05) is 12.8 Å². The first-order valence-electron chi connectivity index (χ1n) is 6.65. The largest absolute Gasteiger partial charge is 0.505 e. The summed E-state index contributed by atoms with van der Waals surface area (Å²) in [6.07, 6.45) is 6.08. The maximum atomic E-state index is 12.0. The van der Waals surface area contributed by atoms with Gasteiger partial charge in [-0.05, 0) is 39.1 Å². The molecule has 1 aliphatic rings. The van der Waals surface area contributed by atoms with Crippen LogP contribution in [0.15, 0.2) is 18.3 Å². The van der Waals surface area contributed by atoms with E-state index in [0.29, 0.717) is 6.54 Å². The lowest BCUT2D eigenvalue weighted by molar-refractivity contribution is 0.0892. The van der Waals surface area contributed by atoms with Crippen LogP contribution in [0.2, 0.25) is 0 Å². The molecule has 1 aliphatic carbocycles. The van der Waals surface area contributed by atoms with Crippen LogP contribution in [-0.4, -0.2) is 47.1 Å². The number of hydrogen-bond acceptors (Lipinski definition) is 4. The van der Waals surface area contributed by atoms with E-state index in [1.54, 1.807) is 6.07 Å². The molecule has 0 aromatic carbocycles. The summed E-state index contributed by atoms with van der Waals surface area (Å²) in [5.41, 5.74) is 0.134. The highest BCUT2D eigenvalue weighted by molar-refractivity contribution is 5.94. The van der Waals surface area contributed by atoms with Crippen LogP contribution in [0.1, 0.15) is 36.2 Å². The minimum absolute atomic E-state index is 0.0417. The van der Waals surface area contributed by atoms with Crippen molar-refractivity contribution < 1.29 is 9.90 Å². The predicted molar refractivity (Wildman–Crippen MR) is 73.1 cm³/mol. The average Bonchev–Trinajstić information content (AvgIpc) is 2.86. The van der Waals surface area contributed by atoms with Crippen LogP contribution in [0.4, 0.5) is 0 Å². The maximum Gasteiger partial charge on any atom is 0.273 e. The number of pyridine rings is 1. The highest BCUT2D eigenvalue weighted by Gasteiger charge is 2.36. The van der Waals surface area contributed by atoms with Crippen molar-refractivity contribution in [3.8, 4) is 5.75 Å². The number of nitrogens with zero attached hydrogens (tertiary/aromatic N) is 2. The highest BCUT2D eigenvalue weighted by atomic mass is 16.3. The molecule has 5 heteroatoms. The topological polar surface area (TPSA) is 65.5 Å². The number of carbonyl (C=O) groups is 1. The van der Waals surface area contributed by atoms with Crippen molar-refractivity contribution in [2.45, 2.75) is 31.2 Å². The van der Waals surface area contributed by atoms with Crippen molar-refractivity contribution >= 4 is 5.91 Å². The zero-order valence-corrected chi connectivity index (χ0v) is 11.5. The lowest BCUT2D eigenvalue weighted by Crippen LogP contribution is -2.50. The fourth-order valence-electron chi connectivity index (χ4n) is 2.72. The van der Waals surface area contributed by atoms with E-state index in [0.717, 1.165) is 12.8 Å². The molecule has 0 saturated heterocycles. The Labute approximate surface area is 113 Å². The average molecular weight is 263 g/mol. The Morgan fingerprint density at radius 1 is 1.47 bits per heavy atom. The van der Waals surface area contributed by atoms with Crippen molar-refractivity contribution in [1.29, 1.82) is 0 Å². The molecule has 0 radical (unpaired) electrons. The van der Waals surface area contributed by atoms with Gasteiger partial charge in [-0.3, -0.25) is 4.79 Å². The van der Waals surface area contributed by atoms with Crippen LogP contribution in [0.3, 0.4) is 0 Å². The van der Waals surface area contributed by atoms with Gasteiger partial charge in [-0.15, -0.1) is 0 Å². The monoisotopic (exact) mass is 263 g/mol. The third-order valence-corrected chi connectivity index (χ3v) is 4.06. The lowest BCUT2D eigenvalue weighted by atomic mass is 9.96. The van der Waals surface area contributed by atoms with Gasteiger partial charge in [0.15, 0.2) is 5.69 Å². The van der Waals surface area contributed by atoms with Crippen molar-refractivity contribution in [3.05, 3.63) is 24.0 Å². The summed E-state index contributed by atoms with van der Waals surface area (Å²) >= 11 is 0. The van der Waals surface area contributed by atoms with Crippen molar-refractivity contribution in [1.82, 2.24) is 15.2 Å². The van der Waals surface area contributed by atoms with Gasteiger partial charge in [0.05, 0.1) is 0 Å². The summed E-state index contributed by atoms with van der Waals surface area (Å²) < 4.78 is 0. The maximum absolute atomic E-state index is 12.0. The summed E-state index contributed by atoms with van der Waals surface area (Å²) in [6.45, 7) is 0.592. The molecule has 0 spiro atoms. The Morgan fingerprint density at radius 3 is 2.74 bits per heavy atom. The second-order valence-corrected chi connectivity index (χ2v) is 5.38. The predicted octanol–water partition coefficient (Wildman–Crippen LogP) is 1.39. The molecule has 0 aliphatic heterocycles. The van der Waals surface area contributed by atoms with Gasteiger partial charge in [0.2, 0.25) is 0 Å². The van der Waals surface area contributed by atoms with Gasteiger partial charge in [0.25, 0.3) is 5.91 Å². The van der Waals surface area contributed by atoms with Crippen LogP contribution < -0.4 is 5.32 Å². The SMILES string of the molecule is CN(C)C1(CNC(=O)c2ncccc2O)CCCC1. The first-order chi connectivity index (χ1) is 9.05. The molecule has 0 unspecified atom stereocenters. The molecule has 1 saturated carbocycles. The van der Waals surface area contributed by atoms with E-state index < -0.39 is 0 Å². The molecular weight excluding hydrogens is 242 g/mol. The first-order valence-corrected chi connectivity index (χ1v) is 6.65. The van der Waals surface area contributed by atoms with Crippen LogP contribution in [-0.2, 0) is 0 Å². The molecule has 1 amide bonds. The molecule has 0 bridgehead atoms. The van der Waals surface area contributed by atoms with E-state index in [1.165, 1.54) is 25.1 Å². The van der Waals surface area contributed by atoms with Gasteiger partial charge < -0.3 is 15.3 Å². The summed E-state index contributed by atoms with van der Waals surface area (Å²) in [4.78, 5) is 18.1. The Bertz CT molecular complexity index is 454. The Morgan fingerprint density at radius 2 is 2.16 bits per heavy atom. The van der Waals surface area contributed by atoms with Gasteiger partial charge >= 0.3 is 0 Å². The van der Waals surface area contributed by atoms with E-state index in [1.807, 2.05) is 0 Å². The Balaban J connectivity index is 2.02. The van der Waals surface area contributed by atoms with E-state index in [-0.39, 0.29) is 22.9 Å². The molecule has 19 heavy (non-hydrogen) atoms. The fraction of sp³-hybridized carbons (Fsp3) is 0.571. The Hall–Kier alpha value is -1.62. The van der Waals surface area contributed by atoms with Crippen LogP contribution in [0.25, 0.3) is 0 Å². The molecule has 104 valence electrons. The van der Waals surface area contributed by atoms with Crippen molar-refractivity contribution in [2.75, 3.05) is 20.6 Å². The number of aromatic hydroxyl groups is 1. The summed E-state index contributed by atoms with van der Waals surface area (Å²) in [5.74, 6) is -0.392. The number of aromatic nitrogens is 1. The van der Waals surface area contributed by atoms with Crippen LogP contribution in [0, 0.1) is 0 Å². The number of likely N-dealkylation sites (N-methyl/N-ethyl adjacent to an activating group) is 1. The van der Waals surface area contributed by atoms with Gasteiger partial charge in [0, 0.05) is 18.3 Å². The van der Waals surface area contributed by atoms with Crippen LogP contribution >= 0.6 is 0 Å². The molecule has 1 aromatic heterocycles. The standard InChI is InChI=1S/C14H21N3O2/c1-17(2)14(7-3-4-8-14)10-16-13(19)12-11(18)6-5-9-15-12/h5-6,9,18H,3-4,7-8,10H2,1-2H3,(H,16,19). The molecular formula is C14H21N3O2. The number of amides is 1. The number of hydrogen-bond donors (Lipinski definition) is 2. The molecule has 1 fully saturated rings. The highest BCUT2D eigenvalue weighted by Crippen LogP contribution is 2.33. The summed E-state index contributed by atoms with van der Waals surface area (Å²) in [5, 5.41) is 12.5. The summed E-state index contributed by atoms with van der Waals surface area (Å²) in [6, 6.07) is 3.07. The third kappa shape index (κ3) is 2.87.